The molecule has 1 heterocycles. The molecule has 1 saturated carbocycles. The van der Waals surface area contributed by atoms with E-state index in [1.807, 2.05) is 30.3 Å². The van der Waals surface area contributed by atoms with Crippen molar-refractivity contribution in [1.82, 2.24) is 10.2 Å². The standard InChI is InChI=1S/C26H29N3O9/c1-35-21-15-20(29(33)34)19(23(30)36-2)14-22(21)38-18-8-10-26(11-9-18)24(31)27-12-13-28(26)25(32)37-16-17-6-4-3-5-7-17/h3-7,14-15,18H,8-13,16H2,1-2H3,(H,27,31)/t18-,26-. The highest BCUT2D eigenvalue weighted by Gasteiger charge is 2.51. The number of amides is 2. The average Bonchev–Trinajstić information content (AvgIpc) is 2.94. The Hall–Kier alpha value is -4.35. The zero-order chi connectivity index (χ0) is 27.3. The van der Waals surface area contributed by atoms with E-state index in [0.717, 1.165) is 18.7 Å². The topological polar surface area (TPSA) is 147 Å². The Balaban J connectivity index is 1.48. The van der Waals surface area contributed by atoms with Crippen LogP contribution in [0.1, 0.15) is 41.6 Å². The normalized spacial score (nSPS) is 20.8. The van der Waals surface area contributed by atoms with Crippen LogP contribution >= 0.6 is 0 Å². The van der Waals surface area contributed by atoms with Gasteiger partial charge in [0.15, 0.2) is 11.5 Å². The van der Waals surface area contributed by atoms with Crippen molar-refractivity contribution in [2.75, 3.05) is 27.3 Å². The molecule has 1 aliphatic heterocycles. The molecule has 1 spiro atoms. The second-order valence-corrected chi connectivity index (χ2v) is 9.07. The third-order valence-corrected chi connectivity index (χ3v) is 6.92. The number of ether oxygens (including phenoxy) is 4. The summed E-state index contributed by atoms with van der Waals surface area (Å²) in [4.78, 5) is 50.5. The predicted molar refractivity (Wildman–Crippen MR) is 133 cm³/mol. The van der Waals surface area contributed by atoms with E-state index in [4.69, 9.17) is 14.2 Å². The number of hydrogen-bond acceptors (Lipinski definition) is 9. The summed E-state index contributed by atoms with van der Waals surface area (Å²) in [6.45, 7) is 0.753. The van der Waals surface area contributed by atoms with E-state index in [1.165, 1.54) is 18.1 Å². The zero-order valence-corrected chi connectivity index (χ0v) is 21.1. The quantitative estimate of drug-likeness (QED) is 0.326. The zero-order valence-electron chi connectivity index (χ0n) is 21.1. The lowest BCUT2D eigenvalue weighted by molar-refractivity contribution is -0.385. The lowest BCUT2D eigenvalue weighted by Gasteiger charge is -2.48. The van der Waals surface area contributed by atoms with Gasteiger partial charge in [-0.25, -0.2) is 9.59 Å². The minimum absolute atomic E-state index is 0.0890. The molecule has 4 rings (SSSR count). The van der Waals surface area contributed by atoms with Gasteiger partial charge in [0.25, 0.3) is 5.69 Å². The van der Waals surface area contributed by atoms with Gasteiger partial charge >= 0.3 is 12.1 Å². The lowest BCUT2D eigenvalue weighted by atomic mass is 9.77. The third kappa shape index (κ3) is 5.34. The van der Waals surface area contributed by atoms with Gasteiger partial charge in [-0.05, 0) is 31.2 Å². The van der Waals surface area contributed by atoms with Crippen molar-refractivity contribution in [3.05, 3.63) is 63.7 Å². The number of nitro benzene ring substituents is 1. The summed E-state index contributed by atoms with van der Waals surface area (Å²) >= 11 is 0. The van der Waals surface area contributed by atoms with Crippen LogP contribution in [0.25, 0.3) is 0 Å². The molecule has 1 aliphatic carbocycles. The monoisotopic (exact) mass is 527 g/mol. The molecule has 2 amide bonds. The van der Waals surface area contributed by atoms with Crippen LogP contribution in [0.5, 0.6) is 11.5 Å². The minimum atomic E-state index is -1.07. The Kier molecular flexibility index (Phi) is 7.99. The first-order valence-electron chi connectivity index (χ1n) is 12.2. The van der Waals surface area contributed by atoms with Crippen LogP contribution < -0.4 is 14.8 Å². The van der Waals surface area contributed by atoms with E-state index in [9.17, 15) is 24.5 Å². The van der Waals surface area contributed by atoms with Crippen LogP contribution in [0.4, 0.5) is 10.5 Å². The van der Waals surface area contributed by atoms with Gasteiger partial charge in [0.05, 0.1) is 31.3 Å². The summed E-state index contributed by atoms with van der Waals surface area (Å²) in [7, 11) is 2.47. The largest absolute Gasteiger partial charge is 0.493 e. The first kappa shape index (κ1) is 26.7. The van der Waals surface area contributed by atoms with Gasteiger partial charge in [0.2, 0.25) is 5.91 Å². The summed E-state index contributed by atoms with van der Waals surface area (Å²) in [5.41, 5.74) is -0.952. The molecule has 0 aromatic heterocycles. The molecule has 12 nitrogen and oxygen atoms in total. The van der Waals surface area contributed by atoms with Gasteiger partial charge < -0.3 is 24.3 Å². The van der Waals surface area contributed by atoms with Gasteiger partial charge in [0, 0.05) is 19.2 Å². The number of carbonyl (C=O) groups is 3. The van der Waals surface area contributed by atoms with Crippen LogP contribution in [0.2, 0.25) is 0 Å². The van der Waals surface area contributed by atoms with E-state index in [0.29, 0.717) is 38.8 Å². The summed E-state index contributed by atoms with van der Waals surface area (Å²) in [5.74, 6) is -0.882. The van der Waals surface area contributed by atoms with Crippen molar-refractivity contribution in [2.45, 2.75) is 43.9 Å². The number of hydrogen-bond donors (Lipinski definition) is 1. The molecule has 38 heavy (non-hydrogen) atoms. The molecule has 2 aromatic rings. The SMILES string of the molecule is COC(=O)c1cc(O[C@H]2CC[C@]3(CC2)C(=O)NCCN3C(=O)OCc2ccccc2)c(OC)cc1[N+](=O)[O-]. The molecule has 2 aliphatic rings. The Bertz CT molecular complexity index is 1210. The van der Waals surface area contributed by atoms with E-state index in [1.54, 1.807) is 0 Å². The summed E-state index contributed by atoms with van der Waals surface area (Å²) in [6, 6.07) is 11.6. The number of carbonyl (C=O) groups excluding carboxylic acids is 3. The summed E-state index contributed by atoms with van der Waals surface area (Å²) < 4.78 is 21.6. The number of benzene rings is 2. The van der Waals surface area contributed by atoms with Crippen LogP contribution in [-0.4, -0.2) is 66.7 Å². The Labute approximate surface area is 218 Å². The van der Waals surface area contributed by atoms with Gasteiger partial charge in [-0.1, -0.05) is 30.3 Å². The average molecular weight is 528 g/mol. The number of nitro groups is 1. The smallest absolute Gasteiger partial charge is 0.411 e. The highest BCUT2D eigenvalue weighted by molar-refractivity contribution is 5.95. The number of nitrogens with one attached hydrogen (secondary N) is 1. The Morgan fingerprint density at radius 2 is 1.84 bits per heavy atom. The highest BCUT2D eigenvalue weighted by Crippen LogP contribution is 2.40. The fourth-order valence-corrected chi connectivity index (χ4v) is 4.93. The van der Waals surface area contributed by atoms with Crippen LogP contribution in [0.15, 0.2) is 42.5 Å². The Morgan fingerprint density at radius 3 is 2.47 bits per heavy atom. The fourth-order valence-electron chi connectivity index (χ4n) is 4.93. The maximum absolute atomic E-state index is 13.0. The second-order valence-electron chi connectivity index (χ2n) is 9.07. The number of methoxy groups -OCH3 is 2. The predicted octanol–water partition coefficient (Wildman–Crippen LogP) is 3.22. The number of esters is 1. The van der Waals surface area contributed by atoms with Crippen LogP contribution in [0, 0.1) is 10.1 Å². The lowest BCUT2D eigenvalue weighted by Crippen LogP contribution is -2.67. The number of piperazine rings is 1. The van der Waals surface area contributed by atoms with Crippen molar-refractivity contribution in [2.24, 2.45) is 0 Å². The molecule has 2 aromatic carbocycles. The van der Waals surface area contributed by atoms with Crippen LogP contribution in [-0.2, 0) is 20.9 Å². The van der Waals surface area contributed by atoms with Crippen molar-refractivity contribution < 1.29 is 38.3 Å². The van der Waals surface area contributed by atoms with E-state index in [-0.39, 0.29) is 29.6 Å². The molecular formula is C26H29N3O9. The molecule has 202 valence electrons. The molecule has 2 fully saturated rings. The summed E-state index contributed by atoms with van der Waals surface area (Å²) in [6.07, 6.45) is 0.514. The van der Waals surface area contributed by atoms with E-state index >= 15 is 0 Å². The van der Waals surface area contributed by atoms with Crippen LogP contribution in [0.3, 0.4) is 0 Å². The van der Waals surface area contributed by atoms with E-state index < -0.39 is 34.3 Å². The molecule has 1 N–H and O–H groups in total. The first-order chi connectivity index (χ1) is 18.3. The number of rotatable bonds is 7. The third-order valence-electron chi connectivity index (χ3n) is 6.92. The molecule has 1 saturated heterocycles. The van der Waals surface area contributed by atoms with Gasteiger partial charge in [0.1, 0.15) is 17.7 Å². The second kappa shape index (κ2) is 11.4. The molecule has 0 bridgehead atoms. The molecule has 12 heteroatoms. The Morgan fingerprint density at radius 1 is 1.13 bits per heavy atom. The molecule has 0 radical (unpaired) electrons. The molecule has 0 atom stereocenters. The minimum Gasteiger partial charge on any atom is -0.493 e. The van der Waals surface area contributed by atoms with Crippen molar-refractivity contribution in [3.8, 4) is 11.5 Å². The van der Waals surface area contributed by atoms with Crippen molar-refractivity contribution in [3.63, 3.8) is 0 Å². The summed E-state index contributed by atoms with van der Waals surface area (Å²) in [5, 5.41) is 14.3. The molecule has 0 unspecified atom stereocenters. The fraction of sp³-hybridized carbons (Fsp3) is 0.423. The van der Waals surface area contributed by atoms with Gasteiger partial charge in [-0.3, -0.25) is 19.8 Å². The maximum atomic E-state index is 13.0. The number of nitrogens with zero attached hydrogens (tertiary/aromatic N) is 2. The van der Waals surface area contributed by atoms with Crippen molar-refractivity contribution >= 4 is 23.7 Å². The van der Waals surface area contributed by atoms with Gasteiger partial charge in [-0.2, -0.15) is 0 Å². The first-order valence-corrected chi connectivity index (χ1v) is 12.2. The van der Waals surface area contributed by atoms with E-state index in [2.05, 4.69) is 10.1 Å². The van der Waals surface area contributed by atoms with Crippen molar-refractivity contribution in [1.29, 1.82) is 0 Å². The highest BCUT2D eigenvalue weighted by atomic mass is 16.6. The maximum Gasteiger partial charge on any atom is 0.411 e. The molecular weight excluding hydrogens is 498 g/mol. The van der Waals surface area contributed by atoms with Gasteiger partial charge in [-0.15, -0.1) is 0 Å².